The van der Waals surface area contributed by atoms with E-state index in [1.54, 1.807) is 0 Å². The Balaban J connectivity index is 1.49. The maximum Gasteiger partial charge on any atom is 0.492 e. The first kappa shape index (κ1) is 22.8. The summed E-state index contributed by atoms with van der Waals surface area (Å²) in [6.45, 7) is -0.906. The molecule has 0 aliphatic carbocycles. The highest BCUT2D eigenvalue weighted by Crippen LogP contribution is 2.80. The van der Waals surface area contributed by atoms with Gasteiger partial charge >= 0.3 is 23.5 Å². The molecule has 16 nitrogen and oxygen atoms in total. The molecule has 3 unspecified atom stereocenters. The summed E-state index contributed by atoms with van der Waals surface area (Å²) >= 11 is 0. The summed E-state index contributed by atoms with van der Waals surface area (Å²) in [4.78, 5) is 29.2. The van der Waals surface area contributed by atoms with E-state index in [-0.39, 0.29) is 36.0 Å². The van der Waals surface area contributed by atoms with E-state index >= 15 is 0 Å². The molecule has 0 saturated carbocycles. The third kappa shape index (κ3) is 4.85. The van der Waals surface area contributed by atoms with E-state index in [2.05, 4.69) is 12.9 Å². The average molecular weight is 505 g/mol. The number of aliphatic hydroxyl groups is 1. The minimum absolute atomic E-state index is 0.0701. The second-order valence-corrected chi connectivity index (χ2v) is 11.4. The van der Waals surface area contributed by atoms with Crippen molar-refractivity contribution in [2.45, 2.75) is 24.7 Å². The molecule has 172 valence electrons. The monoisotopic (exact) mass is 505 g/mol. The number of benzene rings is 1. The van der Waals surface area contributed by atoms with Crippen LogP contribution in [0.5, 0.6) is 11.5 Å². The second kappa shape index (κ2) is 7.87. The number of hydrogen-bond donors (Lipinski definition) is 3. The van der Waals surface area contributed by atoms with Crippen molar-refractivity contribution in [1.82, 2.24) is 0 Å². The van der Waals surface area contributed by atoms with Gasteiger partial charge in [0.2, 0.25) is 6.79 Å². The Bertz CT molecular complexity index is 1030. The minimum Gasteiger partial charge on any atom is -0.454 e. The molecule has 4 rings (SSSR count). The Morgan fingerprint density at radius 2 is 1.71 bits per heavy atom. The summed E-state index contributed by atoms with van der Waals surface area (Å²) in [6.07, 6.45) is -3.69. The molecule has 3 aliphatic rings. The molecule has 0 aromatic heterocycles. The molecule has 0 radical (unpaired) electrons. The highest BCUT2D eigenvalue weighted by molar-refractivity contribution is 7.74. The topological polar surface area (TPSA) is 220 Å². The first-order valence-corrected chi connectivity index (χ1v) is 12.8. The predicted octanol–water partition coefficient (Wildman–Crippen LogP) is 1.90. The lowest BCUT2D eigenvalue weighted by atomic mass is 10.0. The van der Waals surface area contributed by atoms with Crippen molar-refractivity contribution < 1.29 is 65.2 Å². The van der Waals surface area contributed by atoms with Crippen LogP contribution in [0.1, 0.15) is 18.1 Å². The number of rotatable bonds is 5. The predicted molar refractivity (Wildman–Crippen MR) is 93.9 cm³/mol. The van der Waals surface area contributed by atoms with Gasteiger partial charge in [-0.25, -0.2) is 13.7 Å². The van der Waals surface area contributed by atoms with Crippen molar-refractivity contribution in [3.63, 3.8) is 0 Å². The SMILES string of the molecule is O=[N+]([O-])c1cc2c(cc1[C@H]1CC(O)[C@@H](COP3(=O)OP(=O)(O)OP(=O)(O)O3)O1)OCO2. The van der Waals surface area contributed by atoms with Crippen molar-refractivity contribution in [2.24, 2.45) is 0 Å². The first-order valence-electron chi connectivity index (χ1n) is 8.32. The van der Waals surface area contributed by atoms with Crippen molar-refractivity contribution >= 4 is 29.2 Å². The maximum atomic E-state index is 12.3. The smallest absolute Gasteiger partial charge is 0.454 e. The fraction of sp³-hybridized carbons (Fsp3) is 0.500. The molecule has 2 saturated heterocycles. The van der Waals surface area contributed by atoms with Crippen LogP contribution >= 0.6 is 23.5 Å². The zero-order valence-electron chi connectivity index (χ0n) is 15.0. The van der Waals surface area contributed by atoms with Gasteiger partial charge in [0, 0.05) is 6.42 Å². The lowest BCUT2D eigenvalue weighted by Crippen LogP contribution is -2.26. The summed E-state index contributed by atoms with van der Waals surface area (Å²) in [6, 6.07) is 2.48. The fourth-order valence-electron chi connectivity index (χ4n) is 3.08. The third-order valence-corrected chi connectivity index (χ3v) is 9.67. The second-order valence-electron chi connectivity index (χ2n) is 6.41. The summed E-state index contributed by atoms with van der Waals surface area (Å²) in [7, 11) is -15.5. The van der Waals surface area contributed by atoms with E-state index in [9.17, 15) is 38.7 Å². The third-order valence-electron chi connectivity index (χ3n) is 4.30. The fourth-order valence-corrected chi connectivity index (χ4v) is 8.02. The van der Waals surface area contributed by atoms with E-state index < -0.39 is 53.3 Å². The van der Waals surface area contributed by atoms with Crippen LogP contribution in [-0.4, -0.2) is 45.4 Å². The maximum absolute atomic E-state index is 12.3. The molecule has 1 aromatic rings. The molecular weight excluding hydrogens is 491 g/mol. The van der Waals surface area contributed by atoms with E-state index in [0.717, 1.165) is 6.07 Å². The molecule has 0 amide bonds. The molecule has 19 heteroatoms. The molecule has 3 aliphatic heterocycles. The molecule has 31 heavy (non-hydrogen) atoms. The highest BCUT2D eigenvalue weighted by Gasteiger charge is 2.54. The number of nitrogens with zero attached hydrogens (tertiary/aromatic N) is 1. The summed E-state index contributed by atoms with van der Waals surface area (Å²) in [5.74, 6) is 0.409. The van der Waals surface area contributed by atoms with Crippen LogP contribution in [0.3, 0.4) is 0 Å². The van der Waals surface area contributed by atoms with Gasteiger partial charge in [0.15, 0.2) is 11.5 Å². The highest BCUT2D eigenvalue weighted by atomic mass is 31.3. The molecule has 3 heterocycles. The average Bonchev–Trinajstić information content (AvgIpc) is 3.21. The van der Waals surface area contributed by atoms with Gasteiger partial charge in [-0.15, -0.1) is 0 Å². The molecular formula is C12H14NO15P3. The summed E-state index contributed by atoms with van der Waals surface area (Å²) < 4.78 is 67.7. The lowest BCUT2D eigenvalue weighted by molar-refractivity contribution is -0.386. The first-order chi connectivity index (χ1) is 14.4. The number of nitro benzene ring substituents is 1. The van der Waals surface area contributed by atoms with E-state index in [1.165, 1.54) is 6.07 Å². The van der Waals surface area contributed by atoms with Crippen LogP contribution in [0.15, 0.2) is 12.1 Å². The quantitative estimate of drug-likeness (QED) is 0.295. The van der Waals surface area contributed by atoms with Gasteiger partial charge < -0.3 is 29.1 Å². The number of nitro groups is 1. The Morgan fingerprint density at radius 3 is 2.32 bits per heavy atom. The van der Waals surface area contributed by atoms with Gasteiger partial charge in [-0.05, 0) is 6.07 Å². The van der Waals surface area contributed by atoms with Crippen molar-refractivity contribution in [3.05, 3.63) is 27.8 Å². The molecule has 5 atom stereocenters. The lowest BCUT2D eigenvalue weighted by Gasteiger charge is -2.27. The van der Waals surface area contributed by atoms with Crippen molar-refractivity contribution in [3.8, 4) is 11.5 Å². The van der Waals surface area contributed by atoms with Gasteiger partial charge in [0.05, 0.1) is 35.4 Å². The van der Waals surface area contributed by atoms with E-state index in [0.29, 0.717) is 0 Å². The van der Waals surface area contributed by atoms with Gasteiger partial charge in [0.25, 0.3) is 5.69 Å². The minimum atomic E-state index is -5.22. The van der Waals surface area contributed by atoms with Crippen LogP contribution in [0, 0.1) is 10.1 Å². The molecule has 0 bridgehead atoms. The number of hydrogen-bond acceptors (Lipinski definition) is 13. The van der Waals surface area contributed by atoms with Crippen molar-refractivity contribution in [2.75, 3.05) is 13.4 Å². The Morgan fingerprint density at radius 1 is 1.10 bits per heavy atom. The number of aliphatic hydroxyl groups excluding tert-OH is 1. The van der Waals surface area contributed by atoms with E-state index in [1.807, 2.05) is 0 Å². The van der Waals surface area contributed by atoms with Crippen LogP contribution in [0.25, 0.3) is 0 Å². The van der Waals surface area contributed by atoms with Crippen molar-refractivity contribution in [1.29, 1.82) is 0 Å². The largest absolute Gasteiger partial charge is 0.492 e. The van der Waals surface area contributed by atoms with Gasteiger partial charge in [-0.1, -0.05) is 0 Å². The zero-order chi connectivity index (χ0) is 22.6. The molecule has 0 spiro atoms. The van der Waals surface area contributed by atoms with E-state index in [4.69, 9.17) is 18.7 Å². The van der Waals surface area contributed by atoms with Gasteiger partial charge in [-0.3, -0.25) is 14.6 Å². The number of phosphoric acid groups is 3. The number of fused-ring (bicyclic) bond motifs is 1. The molecule has 1 aromatic carbocycles. The summed E-state index contributed by atoms with van der Waals surface area (Å²) in [5, 5.41) is 21.6. The number of ether oxygens (including phenoxy) is 3. The molecule has 3 N–H and O–H groups in total. The Labute approximate surface area is 172 Å². The molecule has 2 fully saturated rings. The van der Waals surface area contributed by atoms with Crippen LogP contribution < -0.4 is 9.47 Å². The Hall–Kier alpha value is -1.41. The zero-order valence-corrected chi connectivity index (χ0v) is 17.7. The van der Waals surface area contributed by atoms with Gasteiger partial charge in [-0.2, -0.15) is 12.9 Å². The normalized spacial score (nSPS) is 39.5. The Kier molecular flexibility index (Phi) is 5.78. The standard InChI is InChI=1S/C12H14NO15P3/c14-8-3-9(6-1-10-11(23-5-22-10)2-7(6)13(15)16)25-12(8)4-24-31(21)27-29(17,18)26-30(19,20)28-31/h1-2,8-9,12,14H,3-5H2,(H,17,18)(H,19,20)/t8?,9-,12-/m1/s1. The summed E-state index contributed by atoms with van der Waals surface area (Å²) in [5.41, 5.74) is -0.282. The van der Waals surface area contributed by atoms with Gasteiger partial charge in [0.1, 0.15) is 6.10 Å². The van der Waals surface area contributed by atoms with Crippen LogP contribution in [-0.2, 0) is 35.9 Å². The van der Waals surface area contributed by atoms with Crippen LogP contribution in [0.2, 0.25) is 0 Å². The van der Waals surface area contributed by atoms with Crippen LogP contribution in [0.4, 0.5) is 5.69 Å².